The van der Waals surface area contributed by atoms with Crippen molar-refractivity contribution in [2.45, 2.75) is 58.5 Å². The predicted octanol–water partition coefficient (Wildman–Crippen LogP) is 4.53. The van der Waals surface area contributed by atoms with Crippen molar-refractivity contribution in [3.63, 3.8) is 0 Å². The molecule has 1 spiro atoms. The van der Waals surface area contributed by atoms with E-state index in [1.807, 2.05) is 37.8 Å². The quantitative estimate of drug-likeness (QED) is 0.487. The molecule has 0 aromatic heterocycles. The predicted molar refractivity (Wildman–Crippen MR) is 129 cm³/mol. The van der Waals surface area contributed by atoms with Gasteiger partial charge in [0.1, 0.15) is 5.60 Å². The van der Waals surface area contributed by atoms with Crippen LogP contribution in [0.25, 0.3) is 0 Å². The van der Waals surface area contributed by atoms with Gasteiger partial charge in [0.25, 0.3) is 5.69 Å². The first kappa shape index (κ1) is 23.8. The Hall–Kier alpha value is -2.35. The molecule has 4 rings (SSSR count). The number of carbonyl (C=O) groups is 1. The van der Waals surface area contributed by atoms with Crippen molar-refractivity contribution < 1.29 is 14.5 Å². The molecule has 1 aromatic rings. The maximum absolute atomic E-state index is 12.4. The van der Waals surface area contributed by atoms with Crippen LogP contribution in [-0.4, -0.2) is 72.2 Å². The Balaban J connectivity index is 1.20. The molecular weight excluding hydrogens is 420 g/mol. The number of nitrogens with zero attached hydrogens (tertiary/aromatic N) is 4. The summed E-state index contributed by atoms with van der Waals surface area (Å²) in [6.45, 7) is 12.8. The number of rotatable bonds is 4. The Morgan fingerprint density at radius 1 is 1.06 bits per heavy atom. The van der Waals surface area contributed by atoms with E-state index in [1.54, 1.807) is 12.1 Å². The minimum absolute atomic E-state index is 0.146. The van der Waals surface area contributed by atoms with E-state index in [9.17, 15) is 14.9 Å². The van der Waals surface area contributed by atoms with Crippen molar-refractivity contribution in [2.75, 3.05) is 50.7 Å². The molecule has 3 aliphatic rings. The van der Waals surface area contributed by atoms with Gasteiger partial charge in [-0.3, -0.25) is 10.1 Å². The van der Waals surface area contributed by atoms with E-state index in [1.165, 1.54) is 0 Å². The number of anilines is 1. The largest absolute Gasteiger partial charge is 0.444 e. The summed E-state index contributed by atoms with van der Waals surface area (Å²) in [7, 11) is 0. The van der Waals surface area contributed by atoms with Crippen LogP contribution in [0, 0.1) is 21.4 Å². The number of amides is 1. The highest BCUT2D eigenvalue weighted by atomic mass is 16.6. The average Bonchev–Trinajstić information content (AvgIpc) is 3.19. The average molecular weight is 459 g/mol. The number of hydrogen-bond acceptors (Lipinski definition) is 6. The second-order valence-electron chi connectivity index (χ2n) is 11.2. The van der Waals surface area contributed by atoms with Crippen molar-refractivity contribution >= 4 is 17.5 Å². The molecule has 0 radical (unpaired) electrons. The fourth-order valence-electron chi connectivity index (χ4n) is 5.56. The molecule has 33 heavy (non-hydrogen) atoms. The highest BCUT2D eigenvalue weighted by Crippen LogP contribution is 2.41. The van der Waals surface area contributed by atoms with E-state index < -0.39 is 5.60 Å². The summed E-state index contributed by atoms with van der Waals surface area (Å²) >= 11 is 0. The fraction of sp³-hybridized carbons (Fsp3) is 0.720. The standard InChI is InChI=1S/C25H38N4O4/c1-24(2,3)33-23(30)28-17-12-25(19-28)10-15-26(16-11-25)18-20-8-13-27(14-9-20)21-4-6-22(7-5-21)29(31)32/h4-7,20H,8-19H2,1-3H3. The highest BCUT2D eigenvalue weighted by molar-refractivity contribution is 5.68. The Bertz CT molecular complexity index is 835. The van der Waals surface area contributed by atoms with Gasteiger partial charge in [-0.2, -0.15) is 0 Å². The van der Waals surface area contributed by atoms with Gasteiger partial charge in [0.15, 0.2) is 0 Å². The van der Waals surface area contributed by atoms with Gasteiger partial charge in [-0.15, -0.1) is 0 Å². The summed E-state index contributed by atoms with van der Waals surface area (Å²) in [5, 5.41) is 10.9. The van der Waals surface area contributed by atoms with Crippen LogP contribution in [0.15, 0.2) is 24.3 Å². The monoisotopic (exact) mass is 458 g/mol. The Morgan fingerprint density at radius 3 is 2.24 bits per heavy atom. The maximum atomic E-state index is 12.4. The second-order valence-corrected chi connectivity index (χ2v) is 11.2. The molecule has 3 fully saturated rings. The molecule has 3 saturated heterocycles. The first-order valence-corrected chi connectivity index (χ1v) is 12.3. The lowest BCUT2D eigenvalue weighted by Gasteiger charge is -2.42. The van der Waals surface area contributed by atoms with Crippen molar-refractivity contribution in [2.24, 2.45) is 11.3 Å². The van der Waals surface area contributed by atoms with Gasteiger partial charge in [0.2, 0.25) is 0 Å². The molecule has 0 atom stereocenters. The third-order valence-electron chi connectivity index (χ3n) is 7.56. The summed E-state index contributed by atoms with van der Waals surface area (Å²) < 4.78 is 5.58. The van der Waals surface area contributed by atoms with Gasteiger partial charge in [-0.05, 0) is 89.4 Å². The number of nitro groups is 1. The molecule has 1 aromatic carbocycles. The van der Waals surface area contributed by atoms with Crippen LogP contribution in [0.3, 0.4) is 0 Å². The molecule has 0 saturated carbocycles. The van der Waals surface area contributed by atoms with Crippen LogP contribution in [0.4, 0.5) is 16.2 Å². The second kappa shape index (κ2) is 9.49. The lowest BCUT2D eigenvalue weighted by molar-refractivity contribution is -0.384. The first-order valence-electron chi connectivity index (χ1n) is 12.3. The lowest BCUT2D eigenvalue weighted by atomic mass is 9.77. The summed E-state index contributed by atoms with van der Waals surface area (Å²) in [4.78, 5) is 29.8. The van der Waals surface area contributed by atoms with E-state index >= 15 is 0 Å². The minimum Gasteiger partial charge on any atom is -0.444 e. The molecule has 8 nitrogen and oxygen atoms in total. The Kier molecular flexibility index (Phi) is 6.84. The molecule has 8 heteroatoms. The summed E-state index contributed by atoms with van der Waals surface area (Å²) in [5.74, 6) is 0.704. The van der Waals surface area contributed by atoms with Crippen LogP contribution in [0.2, 0.25) is 0 Å². The van der Waals surface area contributed by atoms with Crippen molar-refractivity contribution in [3.8, 4) is 0 Å². The number of hydrogen-bond donors (Lipinski definition) is 0. The molecule has 0 aliphatic carbocycles. The van der Waals surface area contributed by atoms with E-state index in [4.69, 9.17) is 4.74 Å². The zero-order chi connectivity index (χ0) is 23.6. The number of benzene rings is 1. The van der Waals surface area contributed by atoms with Crippen molar-refractivity contribution in [1.82, 2.24) is 9.80 Å². The SMILES string of the molecule is CC(C)(C)OC(=O)N1CCC2(CCN(CC3CCN(c4ccc([N+](=O)[O-])cc4)CC3)CC2)C1. The zero-order valence-corrected chi connectivity index (χ0v) is 20.3. The molecular formula is C25H38N4O4. The number of likely N-dealkylation sites (tertiary alicyclic amines) is 2. The molecule has 0 N–H and O–H groups in total. The molecule has 0 bridgehead atoms. The summed E-state index contributed by atoms with van der Waals surface area (Å²) in [6, 6.07) is 6.92. The van der Waals surface area contributed by atoms with Crippen LogP contribution in [0.1, 0.15) is 52.9 Å². The van der Waals surface area contributed by atoms with Gasteiger partial charge in [0, 0.05) is 50.5 Å². The Labute approximate surface area is 197 Å². The number of piperidine rings is 2. The van der Waals surface area contributed by atoms with Crippen LogP contribution in [-0.2, 0) is 4.74 Å². The van der Waals surface area contributed by atoms with Gasteiger partial charge >= 0.3 is 6.09 Å². The zero-order valence-electron chi connectivity index (χ0n) is 20.3. The number of nitro benzene ring substituents is 1. The molecule has 0 unspecified atom stereocenters. The summed E-state index contributed by atoms with van der Waals surface area (Å²) in [5.41, 5.74) is 1.06. The molecule has 3 aliphatic heterocycles. The minimum atomic E-state index is -0.440. The van der Waals surface area contributed by atoms with E-state index in [0.29, 0.717) is 5.92 Å². The van der Waals surface area contributed by atoms with E-state index in [-0.39, 0.29) is 22.1 Å². The first-order chi connectivity index (χ1) is 15.6. The van der Waals surface area contributed by atoms with Crippen LogP contribution < -0.4 is 4.90 Å². The van der Waals surface area contributed by atoms with Crippen molar-refractivity contribution in [3.05, 3.63) is 34.4 Å². The molecule has 182 valence electrons. The number of non-ortho nitro benzene ring substituents is 1. The van der Waals surface area contributed by atoms with Crippen LogP contribution >= 0.6 is 0 Å². The third kappa shape index (κ3) is 5.96. The molecule has 1 amide bonds. The molecule has 3 heterocycles. The Morgan fingerprint density at radius 2 is 1.67 bits per heavy atom. The van der Waals surface area contributed by atoms with Crippen molar-refractivity contribution in [1.29, 1.82) is 0 Å². The smallest absolute Gasteiger partial charge is 0.410 e. The maximum Gasteiger partial charge on any atom is 0.410 e. The third-order valence-corrected chi connectivity index (χ3v) is 7.56. The number of ether oxygens (including phenoxy) is 1. The van der Waals surface area contributed by atoms with E-state index in [0.717, 1.165) is 83.6 Å². The van der Waals surface area contributed by atoms with Gasteiger partial charge in [-0.25, -0.2) is 4.79 Å². The van der Waals surface area contributed by atoms with E-state index in [2.05, 4.69) is 9.80 Å². The topological polar surface area (TPSA) is 79.2 Å². The normalized spacial score (nSPS) is 22.0. The van der Waals surface area contributed by atoms with Crippen LogP contribution in [0.5, 0.6) is 0 Å². The van der Waals surface area contributed by atoms with Gasteiger partial charge < -0.3 is 19.4 Å². The highest BCUT2D eigenvalue weighted by Gasteiger charge is 2.43. The summed E-state index contributed by atoms with van der Waals surface area (Å²) in [6.07, 6.45) is 5.56. The van der Waals surface area contributed by atoms with Gasteiger partial charge in [0.05, 0.1) is 4.92 Å². The fourth-order valence-corrected chi connectivity index (χ4v) is 5.56. The van der Waals surface area contributed by atoms with Gasteiger partial charge in [-0.1, -0.05) is 0 Å². The lowest BCUT2D eigenvalue weighted by Crippen LogP contribution is -2.45. The number of carbonyl (C=O) groups excluding carboxylic acids is 1.